The summed E-state index contributed by atoms with van der Waals surface area (Å²) < 4.78 is 0. The third-order valence-corrected chi connectivity index (χ3v) is 4.47. The Kier molecular flexibility index (Phi) is 3.87. The van der Waals surface area contributed by atoms with Gasteiger partial charge in [0.2, 0.25) is 0 Å². The highest BCUT2D eigenvalue weighted by Crippen LogP contribution is 2.25. The molecule has 3 rings (SSSR count). The number of aromatic hydroxyl groups is 1. The first-order chi connectivity index (χ1) is 9.75. The van der Waals surface area contributed by atoms with Crippen LogP contribution in [0.5, 0.6) is 5.75 Å². The van der Waals surface area contributed by atoms with E-state index in [1.165, 1.54) is 31.9 Å². The van der Waals surface area contributed by atoms with Crippen LogP contribution in [0.25, 0.3) is 0 Å². The molecule has 2 fully saturated rings. The third kappa shape index (κ3) is 2.63. The van der Waals surface area contributed by atoms with Crippen molar-refractivity contribution >= 4 is 5.91 Å². The van der Waals surface area contributed by atoms with Crippen LogP contribution in [0, 0.1) is 0 Å². The van der Waals surface area contributed by atoms with Gasteiger partial charge in [0.25, 0.3) is 5.91 Å². The molecule has 2 heterocycles. The first kappa shape index (κ1) is 13.4. The molecular weight excluding hydrogens is 254 g/mol. The lowest BCUT2D eigenvalue weighted by atomic mass is 10.1. The minimum Gasteiger partial charge on any atom is -0.505 e. The number of amides is 1. The molecule has 0 spiro atoms. The molecule has 1 saturated heterocycles. The van der Waals surface area contributed by atoms with Crippen molar-refractivity contribution in [2.24, 2.45) is 0 Å². The Morgan fingerprint density at radius 1 is 1.20 bits per heavy atom. The van der Waals surface area contributed by atoms with E-state index in [0.29, 0.717) is 5.56 Å². The number of carbonyl (C=O) groups is 1. The maximum Gasteiger partial charge on any atom is 0.257 e. The summed E-state index contributed by atoms with van der Waals surface area (Å²) in [6.45, 7) is 3.39. The second kappa shape index (κ2) is 5.79. The number of rotatable bonds is 2. The Morgan fingerprint density at radius 2 is 1.90 bits per heavy atom. The molecule has 1 aliphatic heterocycles. The van der Waals surface area contributed by atoms with Gasteiger partial charge in [-0.25, -0.2) is 0 Å². The van der Waals surface area contributed by atoms with E-state index in [-0.39, 0.29) is 11.7 Å². The smallest absolute Gasteiger partial charge is 0.257 e. The highest BCUT2D eigenvalue weighted by molar-refractivity contribution is 5.96. The Hall–Kier alpha value is -1.62. The molecule has 108 valence electrons. The molecule has 1 aromatic heterocycles. The van der Waals surface area contributed by atoms with Crippen molar-refractivity contribution < 1.29 is 9.90 Å². The van der Waals surface area contributed by atoms with Gasteiger partial charge in [0.1, 0.15) is 5.75 Å². The highest BCUT2D eigenvalue weighted by Gasteiger charge is 2.28. The van der Waals surface area contributed by atoms with E-state index >= 15 is 0 Å². The van der Waals surface area contributed by atoms with E-state index in [2.05, 4.69) is 9.88 Å². The third-order valence-electron chi connectivity index (χ3n) is 4.47. The van der Waals surface area contributed by atoms with Gasteiger partial charge in [-0.15, -0.1) is 0 Å². The molecule has 1 amide bonds. The van der Waals surface area contributed by atoms with Crippen molar-refractivity contribution in [2.45, 2.75) is 31.7 Å². The summed E-state index contributed by atoms with van der Waals surface area (Å²) >= 11 is 0. The van der Waals surface area contributed by atoms with Gasteiger partial charge in [0, 0.05) is 38.4 Å². The predicted octanol–water partition coefficient (Wildman–Crippen LogP) is 1.49. The Bertz CT molecular complexity index is 478. The monoisotopic (exact) mass is 275 g/mol. The molecule has 0 bridgehead atoms. The summed E-state index contributed by atoms with van der Waals surface area (Å²) in [6.07, 6.45) is 8.16. The molecule has 0 aromatic carbocycles. The quantitative estimate of drug-likeness (QED) is 0.888. The van der Waals surface area contributed by atoms with Gasteiger partial charge in [-0.1, -0.05) is 12.8 Å². The zero-order chi connectivity index (χ0) is 13.9. The molecule has 0 atom stereocenters. The summed E-state index contributed by atoms with van der Waals surface area (Å²) in [6, 6.07) is 2.31. The summed E-state index contributed by atoms with van der Waals surface area (Å²) in [4.78, 5) is 20.5. The van der Waals surface area contributed by atoms with E-state index in [1.54, 1.807) is 12.3 Å². The minimum absolute atomic E-state index is 0.0317. The van der Waals surface area contributed by atoms with E-state index in [1.807, 2.05) is 4.90 Å². The minimum atomic E-state index is -0.0871. The van der Waals surface area contributed by atoms with E-state index in [9.17, 15) is 9.90 Å². The molecule has 0 radical (unpaired) electrons. The highest BCUT2D eigenvalue weighted by atomic mass is 16.3. The first-order valence-corrected chi connectivity index (χ1v) is 7.42. The summed E-state index contributed by atoms with van der Waals surface area (Å²) in [5.74, 6) is -0.119. The second-order valence-corrected chi connectivity index (χ2v) is 5.66. The average Bonchev–Trinajstić information content (AvgIpc) is 3.01. The Morgan fingerprint density at radius 3 is 2.55 bits per heavy atom. The topological polar surface area (TPSA) is 56.7 Å². The number of nitrogens with zero attached hydrogens (tertiary/aromatic N) is 3. The zero-order valence-electron chi connectivity index (χ0n) is 11.7. The number of pyridine rings is 1. The normalized spacial score (nSPS) is 21.3. The molecule has 0 unspecified atom stereocenters. The standard InChI is InChI=1S/C15H21N3O2/c19-14-11-16-6-5-13(14)15(20)18-9-7-17(8-10-18)12-3-1-2-4-12/h5-6,11-12,19H,1-4,7-10H2. The summed E-state index contributed by atoms with van der Waals surface area (Å²) in [5, 5.41) is 9.72. The lowest BCUT2D eigenvalue weighted by Gasteiger charge is -2.38. The molecule has 1 aromatic rings. The van der Waals surface area contributed by atoms with Crippen LogP contribution >= 0.6 is 0 Å². The van der Waals surface area contributed by atoms with Crippen molar-refractivity contribution in [1.29, 1.82) is 0 Å². The maximum atomic E-state index is 12.4. The molecule has 20 heavy (non-hydrogen) atoms. The van der Waals surface area contributed by atoms with Crippen LogP contribution in [0.4, 0.5) is 0 Å². The fourth-order valence-electron chi connectivity index (χ4n) is 3.30. The van der Waals surface area contributed by atoms with Crippen LogP contribution in [-0.2, 0) is 0 Å². The first-order valence-electron chi connectivity index (χ1n) is 7.42. The van der Waals surface area contributed by atoms with Gasteiger partial charge in [-0.2, -0.15) is 0 Å². The van der Waals surface area contributed by atoms with Crippen molar-refractivity contribution in [3.05, 3.63) is 24.0 Å². The van der Waals surface area contributed by atoms with Gasteiger partial charge in [-0.05, 0) is 18.9 Å². The van der Waals surface area contributed by atoms with Crippen LogP contribution in [0.3, 0.4) is 0 Å². The van der Waals surface area contributed by atoms with Crippen LogP contribution in [0.2, 0.25) is 0 Å². The number of hydrogen-bond donors (Lipinski definition) is 1. The van der Waals surface area contributed by atoms with Crippen LogP contribution in [-0.4, -0.2) is 58.0 Å². The van der Waals surface area contributed by atoms with Gasteiger partial charge in [0.05, 0.1) is 11.8 Å². The van der Waals surface area contributed by atoms with Crippen LogP contribution in [0.15, 0.2) is 18.5 Å². The second-order valence-electron chi connectivity index (χ2n) is 5.66. The predicted molar refractivity (Wildman–Crippen MR) is 75.6 cm³/mol. The molecule has 2 aliphatic rings. The fourth-order valence-corrected chi connectivity index (χ4v) is 3.30. The number of aromatic nitrogens is 1. The molecule has 1 N–H and O–H groups in total. The Labute approximate surface area is 119 Å². The molecule has 1 saturated carbocycles. The van der Waals surface area contributed by atoms with Crippen LogP contribution in [0.1, 0.15) is 36.0 Å². The van der Waals surface area contributed by atoms with Crippen molar-refractivity contribution in [1.82, 2.24) is 14.8 Å². The van der Waals surface area contributed by atoms with Crippen molar-refractivity contribution in [3.63, 3.8) is 0 Å². The molecule has 1 aliphatic carbocycles. The van der Waals surface area contributed by atoms with Gasteiger partial charge in [0.15, 0.2) is 0 Å². The molecule has 5 heteroatoms. The van der Waals surface area contributed by atoms with E-state index in [4.69, 9.17) is 0 Å². The largest absolute Gasteiger partial charge is 0.505 e. The fraction of sp³-hybridized carbons (Fsp3) is 0.600. The zero-order valence-corrected chi connectivity index (χ0v) is 11.7. The van der Waals surface area contributed by atoms with Crippen molar-refractivity contribution in [2.75, 3.05) is 26.2 Å². The van der Waals surface area contributed by atoms with Gasteiger partial charge in [-0.3, -0.25) is 14.7 Å². The van der Waals surface area contributed by atoms with Gasteiger partial charge >= 0.3 is 0 Å². The number of piperazine rings is 1. The van der Waals surface area contributed by atoms with Crippen molar-refractivity contribution in [3.8, 4) is 5.75 Å². The summed E-state index contributed by atoms with van der Waals surface area (Å²) in [5.41, 5.74) is 0.356. The van der Waals surface area contributed by atoms with Crippen LogP contribution < -0.4 is 0 Å². The maximum absolute atomic E-state index is 12.4. The van der Waals surface area contributed by atoms with E-state index < -0.39 is 0 Å². The lowest BCUT2D eigenvalue weighted by molar-refractivity contribution is 0.0570. The average molecular weight is 275 g/mol. The number of carbonyl (C=O) groups excluding carboxylic acids is 1. The lowest BCUT2D eigenvalue weighted by Crippen LogP contribution is -2.51. The SMILES string of the molecule is O=C(c1ccncc1O)N1CCN(C2CCCC2)CC1. The van der Waals surface area contributed by atoms with Gasteiger partial charge < -0.3 is 10.0 Å². The Balaban J connectivity index is 1.60. The van der Waals surface area contributed by atoms with E-state index in [0.717, 1.165) is 32.2 Å². The summed E-state index contributed by atoms with van der Waals surface area (Å²) in [7, 11) is 0. The molecule has 5 nitrogen and oxygen atoms in total. The molecular formula is C15H21N3O2. The number of hydrogen-bond acceptors (Lipinski definition) is 4.